The van der Waals surface area contributed by atoms with Crippen LogP contribution in [0.25, 0.3) is 0 Å². The zero-order chi connectivity index (χ0) is 12.7. The summed E-state index contributed by atoms with van der Waals surface area (Å²) in [4.78, 5) is 0. The molecule has 3 nitrogen and oxygen atoms in total. The van der Waals surface area contributed by atoms with E-state index in [-0.39, 0.29) is 6.10 Å². The van der Waals surface area contributed by atoms with Gasteiger partial charge in [0.05, 0.1) is 19.8 Å². The standard InChI is InChI=1S/C14H19NO2/c1-5-8-15-10-12-6-7-13(17-11(2)3)14(9-12)16-4/h1,6-7,9,11,15H,8,10H2,2-4H3. The van der Waals surface area contributed by atoms with Gasteiger partial charge in [-0.15, -0.1) is 6.42 Å². The first-order chi connectivity index (χ1) is 8.17. The maximum absolute atomic E-state index is 5.64. The molecule has 0 heterocycles. The lowest BCUT2D eigenvalue weighted by Crippen LogP contribution is -2.13. The molecule has 0 aliphatic heterocycles. The molecule has 0 amide bonds. The highest BCUT2D eigenvalue weighted by atomic mass is 16.5. The summed E-state index contributed by atoms with van der Waals surface area (Å²) in [6.07, 6.45) is 5.30. The van der Waals surface area contributed by atoms with Crippen LogP contribution in [0.5, 0.6) is 11.5 Å². The van der Waals surface area contributed by atoms with E-state index in [2.05, 4.69) is 11.2 Å². The Hall–Kier alpha value is -1.66. The number of benzene rings is 1. The second-order valence-electron chi connectivity index (χ2n) is 3.96. The van der Waals surface area contributed by atoms with E-state index in [4.69, 9.17) is 15.9 Å². The minimum Gasteiger partial charge on any atom is -0.493 e. The number of nitrogens with one attached hydrogen (secondary N) is 1. The molecule has 0 bridgehead atoms. The van der Waals surface area contributed by atoms with Crippen molar-refractivity contribution >= 4 is 0 Å². The number of hydrogen-bond acceptors (Lipinski definition) is 3. The van der Waals surface area contributed by atoms with Crippen LogP contribution < -0.4 is 14.8 Å². The maximum Gasteiger partial charge on any atom is 0.161 e. The largest absolute Gasteiger partial charge is 0.493 e. The molecule has 1 aromatic carbocycles. The minimum absolute atomic E-state index is 0.134. The SMILES string of the molecule is C#CCNCc1ccc(OC(C)C)c(OC)c1. The Balaban J connectivity index is 2.74. The number of rotatable bonds is 6. The topological polar surface area (TPSA) is 30.5 Å². The van der Waals surface area contributed by atoms with E-state index in [0.717, 1.165) is 23.6 Å². The normalized spacial score (nSPS) is 10.1. The predicted molar refractivity (Wildman–Crippen MR) is 69.3 cm³/mol. The molecule has 0 spiro atoms. The molecular weight excluding hydrogens is 214 g/mol. The van der Waals surface area contributed by atoms with Crippen molar-refractivity contribution in [3.8, 4) is 23.8 Å². The average Bonchev–Trinajstić information content (AvgIpc) is 2.30. The van der Waals surface area contributed by atoms with Gasteiger partial charge in [0.2, 0.25) is 0 Å². The predicted octanol–water partition coefficient (Wildman–Crippen LogP) is 2.21. The summed E-state index contributed by atoms with van der Waals surface area (Å²) in [7, 11) is 1.64. The van der Waals surface area contributed by atoms with Crippen molar-refractivity contribution in [2.75, 3.05) is 13.7 Å². The van der Waals surface area contributed by atoms with Gasteiger partial charge in [-0.05, 0) is 31.5 Å². The first-order valence-electron chi connectivity index (χ1n) is 5.65. The molecule has 0 aromatic heterocycles. The molecule has 17 heavy (non-hydrogen) atoms. The third-order valence-electron chi connectivity index (χ3n) is 2.15. The lowest BCUT2D eigenvalue weighted by atomic mass is 10.2. The summed E-state index contributed by atoms with van der Waals surface area (Å²) in [6.45, 7) is 5.26. The fourth-order valence-corrected chi connectivity index (χ4v) is 1.45. The van der Waals surface area contributed by atoms with Crippen LogP contribution in [0.4, 0.5) is 0 Å². The first-order valence-corrected chi connectivity index (χ1v) is 5.65. The van der Waals surface area contributed by atoms with Crippen LogP contribution in [0.3, 0.4) is 0 Å². The van der Waals surface area contributed by atoms with E-state index in [1.54, 1.807) is 7.11 Å². The second-order valence-corrected chi connectivity index (χ2v) is 3.96. The highest BCUT2D eigenvalue weighted by Crippen LogP contribution is 2.28. The van der Waals surface area contributed by atoms with Crippen molar-refractivity contribution in [1.29, 1.82) is 0 Å². The molecule has 0 atom stereocenters. The highest BCUT2D eigenvalue weighted by molar-refractivity contribution is 5.43. The molecule has 0 fully saturated rings. The Morgan fingerprint density at radius 1 is 1.35 bits per heavy atom. The van der Waals surface area contributed by atoms with Crippen LogP contribution in [-0.4, -0.2) is 19.8 Å². The van der Waals surface area contributed by atoms with Gasteiger partial charge in [0, 0.05) is 6.54 Å². The summed E-state index contributed by atoms with van der Waals surface area (Å²) in [5, 5.41) is 3.13. The van der Waals surface area contributed by atoms with Gasteiger partial charge in [-0.3, -0.25) is 0 Å². The maximum atomic E-state index is 5.64. The van der Waals surface area contributed by atoms with Gasteiger partial charge in [0.1, 0.15) is 0 Å². The van der Waals surface area contributed by atoms with E-state index in [1.165, 1.54) is 0 Å². The van der Waals surface area contributed by atoms with E-state index in [1.807, 2.05) is 32.0 Å². The van der Waals surface area contributed by atoms with Crippen LogP contribution in [-0.2, 0) is 6.54 Å². The van der Waals surface area contributed by atoms with Crippen LogP contribution in [0, 0.1) is 12.3 Å². The van der Waals surface area contributed by atoms with Crippen molar-refractivity contribution < 1.29 is 9.47 Å². The lowest BCUT2D eigenvalue weighted by molar-refractivity contribution is 0.230. The fraction of sp³-hybridized carbons (Fsp3) is 0.429. The van der Waals surface area contributed by atoms with E-state index < -0.39 is 0 Å². The highest BCUT2D eigenvalue weighted by Gasteiger charge is 2.07. The molecule has 0 aliphatic carbocycles. The second kappa shape index (κ2) is 6.82. The molecule has 3 heteroatoms. The smallest absolute Gasteiger partial charge is 0.161 e. The molecular formula is C14H19NO2. The summed E-state index contributed by atoms with van der Waals surface area (Å²) in [6, 6.07) is 5.89. The van der Waals surface area contributed by atoms with Gasteiger partial charge in [-0.25, -0.2) is 0 Å². The number of methoxy groups -OCH3 is 1. The fourth-order valence-electron chi connectivity index (χ4n) is 1.45. The monoisotopic (exact) mass is 233 g/mol. The molecule has 0 aliphatic rings. The third-order valence-corrected chi connectivity index (χ3v) is 2.15. The lowest BCUT2D eigenvalue weighted by Gasteiger charge is -2.14. The first kappa shape index (κ1) is 13.4. The van der Waals surface area contributed by atoms with Gasteiger partial charge >= 0.3 is 0 Å². The van der Waals surface area contributed by atoms with Crippen molar-refractivity contribution in [3.05, 3.63) is 23.8 Å². The van der Waals surface area contributed by atoms with E-state index in [0.29, 0.717) is 6.54 Å². The summed E-state index contributed by atoms with van der Waals surface area (Å²) in [5.74, 6) is 4.05. The van der Waals surface area contributed by atoms with Crippen molar-refractivity contribution in [2.24, 2.45) is 0 Å². The van der Waals surface area contributed by atoms with Crippen LogP contribution in [0.1, 0.15) is 19.4 Å². The Kier molecular flexibility index (Phi) is 5.38. The molecule has 1 N–H and O–H groups in total. The van der Waals surface area contributed by atoms with E-state index >= 15 is 0 Å². The van der Waals surface area contributed by atoms with Gasteiger partial charge in [0.15, 0.2) is 11.5 Å². The summed E-state index contributed by atoms with van der Waals surface area (Å²) < 4.78 is 10.9. The van der Waals surface area contributed by atoms with Gasteiger partial charge in [-0.1, -0.05) is 12.0 Å². The van der Waals surface area contributed by atoms with Gasteiger partial charge in [-0.2, -0.15) is 0 Å². The summed E-state index contributed by atoms with van der Waals surface area (Å²) >= 11 is 0. The zero-order valence-electron chi connectivity index (χ0n) is 10.6. The quantitative estimate of drug-likeness (QED) is 0.603. The molecule has 1 rings (SSSR count). The van der Waals surface area contributed by atoms with Crippen LogP contribution in [0.2, 0.25) is 0 Å². The van der Waals surface area contributed by atoms with Crippen molar-refractivity contribution in [1.82, 2.24) is 5.32 Å². The van der Waals surface area contributed by atoms with Crippen molar-refractivity contribution in [3.63, 3.8) is 0 Å². The van der Waals surface area contributed by atoms with Crippen molar-refractivity contribution in [2.45, 2.75) is 26.5 Å². The number of hydrogen-bond donors (Lipinski definition) is 1. The summed E-state index contributed by atoms with van der Waals surface area (Å²) in [5.41, 5.74) is 1.12. The Bertz CT molecular complexity index is 394. The average molecular weight is 233 g/mol. The van der Waals surface area contributed by atoms with Crippen LogP contribution in [0.15, 0.2) is 18.2 Å². The minimum atomic E-state index is 0.134. The molecule has 0 saturated heterocycles. The molecule has 0 unspecified atom stereocenters. The Morgan fingerprint density at radius 2 is 2.12 bits per heavy atom. The third kappa shape index (κ3) is 4.38. The zero-order valence-corrected chi connectivity index (χ0v) is 10.6. The molecule has 92 valence electrons. The number of terminal acetylenes is 1. The van der Waals surface area contributed by atoms with Crippen LogP contribution >= 0.6 is 0 Å². The Morgan fingerprint density at radius 3 is 2.71 bits per heavy atom. The Labute approximate surface area is 103 Å². The van der Waals surface area contributed by atoms with E-state index in [9.17, 15) is 0 Å². The molecule has 0 radical (unpaired) electrons. The van der Waals surface area contributed by atoms with Gasteiger partial charge < -0.3 is 14.8 Å². The number of ether oxygens (including phenoxy) is 2. The molecule has 0 saturated carbocycles. The van der Waals surface area contributed by atoms with Gasteiger partial charge in [0.25, 0.3) is 0 Å². The molecule has 1 aromatic rings.